The van der Waals surface area contributed by atoms with Gasteiger partial charge in [0.15, 0.2) is 5.82 Å². The second-order valence-corrected chi connectivity index (χ2v) is 7.20. The number of carbonyl (C=O) groups excluding carboxylic acids is 1. The third-order valence-electron chi connectivity index (χ3n) is 4.92. The lowest BCUT2D eigenvalue weighted by molar-refractivity contribution is -0.128. The molecule has 1 fully saturated rings. The van der Waals surface area contributed by atoms with Crippen molar-refractivity contribution in [3.63, 3.8) is 0 Å². The van der Waals surface area contributed by atoms with Crippen LogP contribution in [-0.2, 0) is 11.3 Å². The maximum absolute atomic E-state index is 13.1. The lowest BCUT2D eigenvalue weighted by Crippen LogP contribution is -2.24. The molecule has 0 bridgehead atoms. The minimum atomic E-state index is -0.285. The van der Waals surface area contributed by atoms with Gasteiger partial charge in [0.05, 0.1) is 0 Å². The predicted molar refractivity (Wildman–Crippen MR) is 103 cm³/mol. The molecular weight excluding hydrogens is 359 g/mol. The second-order valence-electron chi connectivity index (χ2n) is 7.20. The van der Waals surface area contributed by atoms with E-state index in [1.807, 2.05) is 43.3 Å². The van der Waals surface area contributed by atoms with Gasteiger partial charge >= 0.3 is 0 Å². The van der Waals surface area contributed by atoms with Gasteiger partial charge in [-0.3, -0.25) is 4.79 Å². The SMILES string of the molecule is CN(C)c1cccc(-c2nc(C3CC(=O)N(Cc4ccc(F)cc4)C3)no2)c1. The van der Waals surface area contributed by atoms with Gasteiger partial charge in [0, 0.05) is 50.8 Å². The smallest absolute Gasteiger partial charge is 0.258 e. The van der Waals surface area contributed by atoms with Crippen molar-refractivity contribution in [2.45, 2.75) is 18.9 Å². The lowest BCUT2D eigenvalue weighted by Gasteiger charge is -2.16. The summed E-state index contributed by atoms with van der Waals surface area (Å²) >= 11 is 0. The quantitative estimate of drug-likeness (QED) is 0.678. The molecule has 0 radical (unpaired) electrons. The Morgan fingerprint density at radius 3 is 2.75 bits per heavy atom. The number of rotatable bonds is 5. The fraction of sp³-hybridized carbons (Fsp3) is 0.286. The van der Waals surface area contributed by atoms with E-state index in [1.54, 1.807) is 17.0 Å². The van der Waals surface area contributed by atoms with Crippen LogP contribution in [0, 0.1) is 5.82 Å². The van der Waals surface area contributed by atoms with Crippen LogP contribution in [0.5, 0.6) is 0 Å². The second kappa shape index (κ2) is 7.42. The summed E-state index contributed by atoms with van der Waals surface area (Å²) in [5.74, 6) is 0.633. The van der Waals surface area contributed by atoms with Crippen LogP contribution in [0.2, 0.25) is 0 Å². The molecule has 1 aromatic heterocycles. The molecule has 1 aliphatic heterocycles. The molecule has 4 rings (SSSR count). The van der Waals surface area contributed by atoms with E-state index in [-0.39, 0.29) is 17.6 Å². The maximum atomic E-state index is 13.1. The summed E-state index contributed by atoms with van der Waals surface area (Å²) < 4.78 is 18.5. The molecule has 6 nitrogen and oxygen atoms in total. The van der Waals surface area contributed by atoms with Crippen LogP contribution in [0.4, 0.5) is 10.1 Å². The molecule has 1 unspecified atom stereocenters. The van der Waals surface area contributed by atoms with E-state index in [1.165, 1.54) is 12.1 Å². The molecule has 1 saturated heterocycles. The van der Waals surface area contributed by atoms with Crippen molar-refractivity contribution in [2.75, 3.05) is 25.5 Å². The van der Waals surface area contributed by atoms with Gasteiger partial charge in [-0.1, -0.05) is 23.4 Å². The van der Waals surface area contributed by atoms with E-state index in [0.29, 0.717) is 31.2 Å². The number of hydrogen-bond donors (Lipinski definition) is 0. The van der Waals surface area contributed by atoms with Crippen molar-refractivity contribution < 1.29 is 13.7 Å². The fourth-order valence-electron chi connectivity index (χ4n) is 3.34. The molecule has 0 saturated carbocycles. The highest BCUT2D eigenvalue weighted by molar-refractivity contribution is 5.79. The van der Waals surface area contributed by atoms with E-state index < -0.39 is 0 Å². The van der Waals surface area contributed by atoms with Gasteiger partial charge in [-0.15, -0.1) is 0 Å². The Hall–Kier alpha value is -3.22. The molecule has 7 heteroatoms. The molecule has 144 valence electrons. The molecule has 0 aliphatic carbocycles. The van der Waals surface area contributed by atoms with Crippen LogP contribution < -0.4 is 4.90 Å². The van der Waals surface area contributed by atoms with Crippen LogP contribution >= 0.6 is 0 Å². The molecule has 3 aromatic rings. The highest BCUT2D eigenvalue weighted by atomic mass is 19.1. The van der Waals surface area contributed by atoms with Crippen molar-refractivity contribution >= 4 is 11.6 Å². The zero-order valence-corrected chi connectivity index (χ0v) is 15.8. The average Bonchev–Trinajstić information content (AvgIpc) is 3.31. The van der Waals surface area contributed by atoms with Crippen molar-refractivity contribution in [3.05, 3.63) is 65.7 Å². The Balaban J connectivity index is 1.48. The first-order valence-corrected chi connectivity index (χ1v) is 9.13. The highest BCUT2D eigenvalue weighted by Crippen LogP contribution is 2.30. The van der Waals surface area contributed by atoms with Crippen molar-refractivity contribution in [1.82, 2.24) is 15.0 Å². The summed E-state index contributed by atoms with van der Waals surface area (Å²) in [4.78, 5) is 20.7. The van der Waals surface area contributed by atoms with Crippen LogP contribution in [0.25, 0.3) is 11.5 Å². The standard InChI is InChI=1S/C21H21FN4O2/c1-25(2)18-5-3-4-15(10-18)21-23-20(24-28-21)16-11-19(27)26(13-16)12-14-6-8-17(22)9-7-14/h3-10,16H,11-13H2,1-2H3. The summed E-state index contributed by atoms with van der Waals surface area (Å²) in [6.07, 6.45) is 0.345. The molecule has 1 aliphatic rings. The van der Waals surface area contributed by atoms with Crippen LogP contribution in [0.15, 0.2) is 53.1 Å². The first kappa shape index (κ1) is 18.2. The zero-order chi connectivity index (χ0) is 19.7. The number of amides is 1. The van der Waals surface area contributed by atoms with E-state index >= 15 is 0 Å². The molecule has 0 spiro atoms. The molecular formula is C21H21FN4O2. The molecule has 28 heavy (non-hydrogen) atoms. The number of hydrogen-bond acceptors (Lipinski definition) is 5. The van der Waals surface area contributed by atoms with Crippen LogP contribution in [0.1, 0.15) is 23.7 Å². The Kier molecular flexibility index (Phi) is 4.81. The number of anilines is 1. The van der Waals surface area contributed by atoms with Crippen molar-refractivity contribution in [2.24, 2.45) is 0 Å². The molecule has 2 aromatic carbocycles. The van der Waals surface area contributed by atoms with Crippen molar-refractivity contribution in [3.8, 4) is 11.5 Å². The van der Waals surface area contributed by atoms with Gasteiger partial charge in [-0.25, -0.2) is 4.39 Å². The predicted octanol–water partition coefficient (Wildman–Crippen LogP) is 3.46. The first-order valence-electron chi connectivity index (χ1n) is 9.13. The molecule has 1 atom stereocenters. The number of nitrogens with zero attached hydrogens (tertiary/aromatic N) is 4. The van der Waals surface area contributed by atoms with Gasteiger partial charge in [0.1, 0.15) is 5.82 Å². The van der Waals surface area contributed by atoms with Gasteiger partial charge in [-0.05, 0) is 35.9 Å². The summed E-state index contributed by atoms with van der Waals surface area (Å²) in [5, 5.41) is 4.11. The Bertz CT molecular complexity index is 984. The van der Waals surface area contributed by atoms with Crippen LogP contribution in [-0.4, -0.2) is 41.6 Å². The summed E-state index contributed by atoms with van der Waals surface area (Å²) in [5.41, 5.74) is 2.78. The van der Waals surface area contributed by atoms with Gasteiger partial charge in [-0.2, -0.15) is 4.98 Å². The number of halogens is 1. The monoisotopic (exact) mass is 380 g/mol. The third kappa shape index (κ3) is 3.74. The molecule has 0 N–H and O–H groups in total. The Morgan fingerprint density at radius 2 is 2.00 bits per heavy atom. The maximum Gasteiger partial charge on any atom is 0.258 e. The summed E-state index contributed by atoms with van der Waals surface area (Å²) in [6.45, 7) is 0.970. The third-order valence-corrected chi connectivity index (χ3v) is 4.92. The number of likely N-dealkylation sites (tertiary alicyclic amines) is 1. The number of benzene rings is 2. The largest absolute Gasteiger partial charge is 0.378 e. The minimum Gasteiger partial charge on any atom is -0.378 e. The van der Waals surface area contributed by atoms with E-state index in [4.69, 9.17) is 4.52 Å². The number of aromatic nitrogens is 2. The van der Waals surface area contributed by atoms with Gasteiger partial charge < -0.3 is 14.3 Å². The topological polar surface area (TPSA) is 62.5 Å². The van der Waals surface area contributed by atoms with Gasteiger partial charge in [0.2, 0.25) is 5.91 Å². The van der Waals surface area contributed by atoms with E-state index in [0.717, 1.165) is 16.8 Å². The first-order chi connectivity index (χ1) is 13.5. The highest BCUT2D eigenvalue weighted by Gasteiger charge is 2.33. The summed E-state index contributed by atoms with van der Waals surface area (Å²) in [6, 6.07) is 14.0. The number of carbonyl (C=O) groups is 1. The Labute approximate surface area is 162 Å². The molecule has 2 heterocycles. The zero-order valence-electron chi connectivity index (χ0n) is 15.8. The average molecular weight is 380 g/mol. The normalized spacial score (nSPS) is 16.6. The van der Waals surface area contributed by atoms with E-state index in [9.17, 15) is 9.18 Å². The van der Waals surface area contributed by atoms with Crippen molar-refractivity contribution in [1.29, 1.82) is 0 Å². The van der Waals surface area contributed by atoms with Crippen LogP contribution in [0.3, 0.4) is 0 Å². The lowest BCUT2D eigenvalue weighted by atomic mass is 10.1. The summed E-state index contributed by atoms with van der Waals surface area (Å²) in [7, 11) is 3.94. The molecule has 1 amide bonds. The fourth-order valence-corrected chi connectivity index (χ4v) is 3.34. The van der Waals surface area contributed by atoms with Gasteiger partial charge in [0.25, 0.3) is 5.89 Å². The minimum absolute atomic E-state index is 0.0373. The Morgan fingerprint density at radius 1 is 1.21 bits per heavy atom. The van der Waals surface area contributed by atoms with E-state index in [2.05, 4.69) is 10.1 Å².